The van der Waals surface area contributed by atoms with Crippen LogP contribution in [-0.2, 0) is 13.0 Å². The second-order valence-electron chi connectivity index (χ2n) is 4.78. The van der Waals surface area contributed by atoms with E-state index in [4.69, 9.17) is 0 Å². The smallest absolute Gasteiger partial charge is 0.115 e. The minimum atomic E-state index is 0.312. The predicted octanol–water partition coefficient (Wildman–Crippen LogP) is 3.88. The third-order valence-electron chi connectivity index (χ3n) is 3.05. The van der Waals surface area contributed by atoms with Crippen LogP contribution in [-0.4, -0.2) is 11.1 Å². The number of aromatic hydroxyl groups is 1. The number of phenolic OH excluding ortho intramolecular Hbond substituents is 1. The number of nitrogens with one attached hydrogen (secondary N) is 1. The van der Waals surface area contributed by atoms with Gasteiger partial charge in [0.1, 0.15) is 5.75 Å². The van der Waals surface area contributed by atoms with Gasteiger partial charge in [-0.2, -0.15) is 0 Å². The molecule has 0 aliphatic rings. The molecule has 2 rings (SSSR count). The molecular formula is C16H18BrNO. The second-order valence-corrected chi connectivity index (χ2v) is 5.69. The lowest BCUT2D eigenvalue weighted by Crippen LogP contribution is -2.27. The molecule has 0 amide bonds. The zero-order valence-corrected chi connectivity index (χ0v) is 12.5. The van der Waals surface area contributed by atoms with Crippen LogP contribution in [0.5, 0.6) is 5.75 Å². The monoisotopic (exact) mass is 319 g/mol. The Bertz CT molecular complexity index is 507. The lowest BCUT2D eigenvalue weighted by Gasteiger charge is -2.14. The molecule has 0 saturated heterocycles. The van der Waals surface area contributed by atoms with Gasteiger partial charge in [-0.3, -0.25) is 0 Å². The van der Waals surface area contributed by atoms with Gasteiger partial charge in [-0.05, 0) is 48.7 Å². The third-order valence-corrected chi connectivity index (χ3v) is 3.57. The first-order chi connectivity index (χ1) is 9.13. The fraction of sp³-hybridized carbons (Fsp3) is 0.250. The molecule has 0 spiro atoms. The molecule has 2 aromatic carbocycles. The number of rotatable bonds is 5. The number of benzene rings is 2. The van der Waals surface area contributed by atoms with Gasteiger partial charge in [0.15, 0.2) is 0 Å². The first kappa shape index (κ1) is 14.1. The van der Waals surface area contributed by atoms with Gasteiger partial charge >= 0.3 is 0 Å². The van der Waals surface area contributed by atoms with Crippen molar-refractivity contribution in [3.8, 4) is 5.75 Å². The number of halogens is 1. The van der Waals surface area contributed by atoms with Crippen LogP contribution in [0.2, 0.25) is 0 Å². The molecule has 2 nitrogen and oxygen atoms in total. The highest BCUT2D eigenvalue weighted by Crippen LogP contribution is 2.13. The van der Waals surface area contributed by atoms with E-state index in [2.05, 4.69) is 52.4 Å². The minimum Gasteiger partial charge on any atom is -0.508 e. The fourth-order valence-electron chi connectivity index (χ4n) is 1.95. The van der Waals surface area contributed by atoms with Crippen molar-refractivity contribution in [3.05, 3.63) is 64.1 Å². The van der Waals surface area contributed by atoms with Crippen LogP contribution < -0.4 is 5.32 Å². The standard InChI is InChI=1S/C16H18BrNO/c1-12(10-13-2-6-15(17)7-3-13)18-11-14-4-8-16(19)9-5-14/h2-9,12,18-19H,10-11H2,1H3. The summed E-state index contributed by atoms with van der Waals surface area (Å²) in [5, 5.41) is 12.7. The second kappa shape index (κ2) is 6.73. The Kier molecular flexibility index (Phi) is 5.00. The van der Waals surface area contributed by atoms with Crippen molar-refractivity contribution in [1.82, 2.24) is 5.32 Å². The topological polar surface area (TPSA) is 32.3 Å². The summed E-state index contributed by atoms with van der Waals surface area (Å²) in [5.41, 5.74) is 2.51. The van der Waals surface area contributed by atoms with Crippen molar-refractivity contribution in [1.29, 1.82) is 0 Å². The van der Waals surface area contributed by atoms with Crippen LogP contribution in [0, 0.1) is 0 Å². The summed E-state index contributed by atoms with van der Waals surface area (Å²) in [4.78, 5) is 0. The van der Waals surface area contributed by atoms with Crippen molar-refractivity contribution >= 4 is 15.9 Å². The van der Waals surface area contributed by atoms with E-state index in [1.54, 1.807) is 12.1 Å². The lowest BCUT2D eigenvalue weighted by atomic mass is 10.1. The van der Waals surface area contributed by atoms with Crippen LogP contribution in [0.4, 0.5) is 0 Å². The third kappa shape index (κ3) is 4.69. The highest BCUT2D eigenvalue weighted by molar-refractivity contribution is 9.10. The van der Waals surface area contributed by atoms with Gasteiger partial charge in [0.05, 0.1) is 0 Å². The predicted molar refractivity (Wildman–Crippen MR) is 82.3 cm³/mol. The zero-order valence-electron chi connectivity index (χ0n) is 10.9. The van der Waals surface area contributed by atoms with E-state index in [0.717, 1.165) is 17.4 Å². The Morgan fingerprint density at radius 2 is 1.58 bits per heavy atom. The number of hydrogen-bond donors (Lipinski definition) is 2. The normalized spacial score (nSPS) is 12.3. The van der Waals surface area contributed by atoms with Crippen LogP contribution in [0.15, 0.2) is 53.0 Å². The molecule has 19 heavy (non-hydrogen) atoms. The van der Waals surface area contributed by atoms with Crippen LogP contribution in [0.3, 0.4) is 0 Å². The van der Waals surface area contributed by atoms with Gasteiger partial charge in [0.2, 0.25) is 0 Å². The van der Waals surface area contributed by atoms with Gasteiger partial charge in [-0.15, -0.1) is 0 Å². The molecule has 1 atom stereocenters. The molecule has 0 aliphatic carbocycles. The molecule has 2 N–H and O–H groups in total. The van der Waals surface area contributed by atoms with E-state index < -0.39 is 0 Å². The summed E-state index contributed by atoms with van der Waals surface area (Å²) < 4.78 is 1.11. The van der Waals surface area contributed by atoms with Crippen molar-refractivity contribution in [2.75, 3.05) is 0 Å². The van der Waals surface area contributed by atoms with Crippen LogP contribution in [0.25, 0.3) is 0 Å². The van der Waals surface area contributed by atoms with Gasteiger partial charge < -0.3 is 10.4 Å². The summed E-state index contributed by atoms with van der Waals surface area (Å²) in [6.45, 7) is 3.00. The van der Waals surface area contributed by atoms with Gasteiger partial charge in [0.25, 0.3) is 0 Å². The maximum atomic E-state index is 9.23. The summed E-state index contributed by atoms with van der Waals surface area (Å²) in [6.07, 6.45) is 1.01. The fourth-order valence-corrected chi connectivity index (χ4v) is 2.22. The van der Waals surface area contributed by atoms with Crippen LogP contribution in [0.1, 0.15) is 18.1 Å². The van der Waals surface area contributed by atoms with E-state index in [-0.39, 0.29) is 0 Å². The molecule has 0 saturated carbocycles. The van der Waals surface area contributed by atoms with Crippen molar-refractivity contribution < 1.29 is 5.11 Å². The quantitative estimate of drug-likeness (QED) is 0.876. The Labute approximate surface area is 122 Å². The number of phenols is 1. The summed E-state index contributed by atoms with van der Waals surface area (Å²) in [6, 6.07) is 16.2. The summed E-state index contributed by atoms with van der Waals surface area (Å²) in [5.74, 6) is 0.312. The average molecular weight is 320 g/mol. The first-order valence-corrected chi connectivity index (χ1v) is 7.18. The van der Waals surface area contributed by atoms with E-state index >= 15 is 0 Å². The molecule has 0 fully saturated rings. The Morgan fingerprint density at radius 1 is 1.00 bits per heavy atom. The van der Waals surface area contributed by atoms with E-state index in [0.29, 0.717) is 11.8 Å². The SMILES string of the molecule is CC(Cc1ccc(Br)cc1)NCc1ccc(O)cc1. The van der Waals surface area contributed by atoms with Crippen molar-refractivity contribution in [2.45, 2.75) is 25.9 Å². The highest BCUT2D eigenvalue weighted by Gasteiger charge is 2.03. The van der Waals surface area contributed by atoms with Crippen molar-refractivity contribution in [3.63, 3.8) is 0 Å². The van der Waals surface area contributed by atoms with Crippen LogP contribution >= 0.6 is 15.9 Å². The molecule has 0 aliphatic heterocycles. The summed E-state index contributed by atoms with van der Waals surface area (Å²) in [7, 11) is 0. The van der Waals surface area contributed by atoms with Gasteiger partial charge in [-0.1, -0.05) is 40.2 Å². The minimum absolute atomic E-state index is 0.312. The van der Waals surface area contributed by atoms with Gasteiger partial charge in [-0.25, -0.2) is 0 Å². The van der Waals surface area contributed by atoms with E-state index in [1.807, 2.05) is 12.1 Å². The largest absolute Gasteiger partial charge is 0.508 e. The molecule has 2 aromatic rings. The molecule has 3 heteroatoms. The van der Waals surface area contributed by atoms with E-state index in [1.165, 1.54) is 11.1 Å². The Morgan fingerprint density at radius 3 is 2.21 bits per heavy atom. The molecule has 1 unspecified atom stereocenters. The summed E-state index contributed by atoms with van der Waals surface area (Å²) >= 11 is 3.44. The molecule has 0 aromatic heterocycles. The molecule has 0 heterocycles. The molecule has 0 radical (unpaired) electrons. The van der Waals surface area contributed by atoms with Crippen molar-refractivity contribution in [2.24, 2.45) is 0 Å². The van der Waals surface area contributed by atoms with E-state index in [9.17, 15) is 5.11 Å². The maximum Gasteiger partial charge on any atom is 0.115 e. The molecule has 0 bridgehead atoms. The lowest BCUT2D eigenvalue weighted by molar-refractivity contribution is 0.474. The molecular weight excluding hydrogens is 302 g/mol. The zero-order chi connectivity index (χ0) is 13.7. The maximum absolute atomic E-state index is 9.23. The average Bonchev–Trinajstić information content (AvgIpc) is 2.41. The number of hydrogen-bond acceptors (Lipinski definition) is 2. The molecule has 100 valence electrons. The Hall–Kier alpha value is -1.32. The first-order valence-electron chi connectivity index (χ1n) is 6.39. The Balaban J connectivity index is 1.82. The van der Waals surface area contributed by atoms with Gasteiger partial charge in [0, 0.05) is 17.1 Å². The highest BCUT2D eigenvalue weighted by atomic mass is 79.9.